The van der Waals surface area contributed by atoms with Gasteiger partial charge in [-0.2, -0.15) is 0 Å². The van der Waals surface area contributed by atoms with Crippen LogP contribution in [0.4, 0.5) is 5.69 Å². The van der Waals surface area contributed by atoms with Crippen molar-refractivity contribution in [3.05, 3.63) is 29.8 Å². The maximum absolute atomic E-state index is 12.7. The van der Waals surface area contributed by atoms with Gasteiger partial charge in [-0.3, -0.25) is 14.4 Å². The molecule has 1 atom stereocenters. The summed E-state index contributed by atoms with van der Waals surface area (Å²) in [5.74, 6) is -0.364. The van der Waals surface area contributed by atoms with E-state index in [9.17, 15) is 14.4 Å². The van der Waals surface area contributed by atoms with E-state index in [2.05, 4.69) is 12.2 Å². The smallest absolute Gasteiger partial charge is 0.228 e. The fourth-order valence-electron chi connectivity index (χ4n) is 3.42. The Balaban J connectivity index is 1.72. The van der Waals surface area contributed by atoms with Crippen LogP contribution in [0, 0.1) is 5.92 Å². The van der Waals surface area contributed by atoms with Crippen molar-refractivity contribution < 1.29 is 14.4 Å². The number of nitrogens with zero attached hydrogens (tertiary/aromatic N) is 2. The Morgan fingerprint density at radius 1 is 1.25 bits per heavy atom. The molecule has 3 amide bonds. The molecular weight excluding hydrogens is 306 g/mol. The van der Waals surface area contributed by atoms with Crippen molar-refractivity contribution in [2.24, 2.45) is 5.92 Å². The van der Waals surface area contributed by atoms with Crippen LogP contribution in [0.2, 0.25) is 0 Å². The third-order valence-corrected chi connectivity index (χ3v) is 4.76. The van der Waals surface area contributed by atoms with Crippen molar-refractivity contribution in [1.29, 1.82) is 0 Å². The molecule has 0 bridgehead atoms. The molecule has 0 unspecified atom stereocenters. The minimum absolute atomic E-state index is 0.00160. The number of amides is 3. The SMILES string of the molecule is CCc1ccccc1N1C[C@H](C(=O)N2CCNC(=O)CC2)CC1=O. The van der Waals surface area contributed by atoms with Gasteiger partial charge in [0, 0.05) is 44.7 Å². The van der Waals surface area contributed by atoms with E-state index in [1.54, 1.807) is 9.80 Å². The molecule has 0 spiro atoms. The molecule has 24 heavy (non-hydrogen) atoms. The lowest BCUT2D eigenvalue weighted by molar-refractivity contribution is -0.135. The second-order valence-electron chi connectivity index (χ2n) is 6.31. The molecule has 2 aliphatic rings. The average Bonchev–Trinajstić information content (AvgIpc) is 2.84. The van der Waals surface area contributed by atoms with E-state index in [1.807, 2.05) is 24.3 Å². The fraction of sp³-hybridized carbons (Fsp3) is 0.500. The van der Waals surface area contributed by atoms with Gasteiger partial charge in [0.15, 0.2) is 0 Å². The molecule has 0 saturated carbocycles. The Kier molecular flexibility index (Phi) is 4.83. The number of para-hydroxylation sites is 1. The quantitative estimate of drug-likeness (QED) is 0.898. The first-order valence-corrected chi connectivity index (χ1v) is 8.54. The summed E-state index contributed by atoms with van der Waals surface area (Å²) in [6.45, 7) is 3.91. The second-order valence-corrected chi connectivity index (χ2v) is 6.31. The third kappa shape index (κ3) is 3.27. The summed E-state index contributed by atoms with van der Waals surface area (Å²) < 4.78 is 0. The highest BCUT2D eigenvalue weighted by molar-refractivity contribution is 6.01. The Hall–Kier alpha value is -2.37. The zero-order valence-electron chi connectivity index (χ0n) is 14.0. The molecule has 1 aromatic carbocycles. The van der Waals surface area contributed by atoms with Gasteiger partial charge >= 0.3 is 0 Å². The number of carbonyl (C=O) groups is 3. The first kappa shape index (κ1) is 16.5. The van der Waals surface area contributed by atoms with Crippen LogP contribution >= 0.6 is 0 Å². The Morgan fingerprint density at radius 3 is 2.83 bits per heavy atom. The lowest BCUT2D eigenvalue weighted by Gasteiger charge is -2.24. The van der Waals surface area contributed by atoms with Crippen molar-refractivity contribution in [2.45, 2.75) is 26.2 Å². The highest BCUT2D eigenvalue weighted by atomic mass is 16.2. The second kappa shape index (κ2) is 7.03. The van der Waals surface area contributed by atoms with Crippen LogP contribution in [-0.2, 0) is 20.8 Å². The Morgan fingerprint density at radius 2 is 2.04 bits per heavy atom. The van der Waals surface area contributed by atoms with Crippen molar-refractivity contribution >= 4 is 23.4 Å². The topological polar surface area (TPSA) is 69.7 Å². The van der Waals surface area contributed by atoms with E-state index >= 15 is 0 Å². The van der Waals surface area contributed by atoms with Gasteiger partial charge in [-0.25, -0.2) is 0 Å². The maximum atomic E-state index is 12.7. The number of hydrogen-bond acceptors (Lipinski definition) is 3. The molecule has 0 aliphatic carbocycles. The lowest BCUT2D eigenvalue weighted by atomic mass is 10.1. The summed E-state index contributed by atoms with van der Waals surface area (Å²) in [6.07, 6.45) is 1.42. The Bertz CT molecular complexity index is 659. The summed E-state index contributed by atoms with van der Waals surface area (Å²) in [7, 11) is 0. The zero-order valence-corrected chi connectivity index (χ0v) is 14.0. The number of rotatable bonds is 3. The van der Waals surface area contributed by atoms with E-state index in [0.29, 0.717) is 32.6 Å². The van der Waals surface area contributed by atoms with Crippen LogP contribution < -0.4 is 10.2 Å². The number of hydrogen-bond donors (Lipinski definition) is 1. The minimum atomic E-state index is -0.324. The van der Waals surface area contributed by atoms with E-state index in [4.69, 9.17) is 0 Å². The normalized spacial score (nSPS) is 21.6. The van der Waals surface area contributed by atoms with Crippen molar-refractivity contribution in [3.8, 4) is 0 Å². The molecule has 2 heterocycles. The van der Waals surface area contributed by atoms with Gasteiger partial charge < -0.3 is 15.1 Å². The van der Waals surface area contributed by atoms with Crippen LogP contribution in [0.25, 0.3) is 0 Å². The van der Waals surface area contributed by atoms with Gasteiger partial charge in [-0.1, -0.05) is 25.1 Å². The number of carbonyl (C=O) groups excluding carboxylic acids is 3. The van der Waals surface area contributed by atoms with E-state index in [0.717, 1.165) is 17.7 Å². The standard InChI is InChI=1S/C18H23N3O3/c1-2-13-5-3-4-6-15(13)21-12-14(11-17(21)23)18(24)20-9-7-16(22)19-8-10-20/h3-6,14H,2,7-12H2,1H3,(H,19,22)/t14-/m1/s1. The molecule has 2 saturated heterocycles. The zero-order chi connectivity index (χ0) is 17.1. The van der Waals surface area contributed by atoms with Crippen LogP contribution in [-0.4, -0.2) is 48.8 Å². The highest BCUT2D eigenvalue weighted by Gasteiger charge is 2.38. The fourth-order valence-corrected chi connectivity index (χ4v) is 3.42. The van der Waals surface area contributed by atoms with Gasteiger partial charge in [0.2, 0.25) is 17.7 Å². The maximum Gasteiger partial charge on any atom is 0.228 e. The summed E-state index contributed by atoms with van der Waals surface area (Å²) in [5, 5.41) is 2.77. The summed E-state index contributed by atoms with van der Waals surface area (Å²) in [6, 6.07) is 7.84. The number of aryl methyl sites for hydroxylation is 1. The molecule has 1 N–H and O–H groups in total. The van der Waals surface area contributed by atoms with Gasteiger partial charge in [-0.15, -0.1) is 0 Å². The molecule has 2 aliphatic heterocycles. The van der Waals surface area contributed by atoms with Crippen LogP contribution in [0.3, 0.4) is 0 Å². The average molecular weight is 329 g/mol. The monoisotopic (exact) mass is 329 g/mol. The first-order chi connectivity index (χ1) is 11.6. The molecule has 128 valence electrons. The van der Waals surface area contributed by atoms with Crippen LogP contribution in [0.15, 0.2) is 24.3 Å². The molecule has 3 rings (SSSR count). The lowest BCUT2D eigenvalue weighted by Crippen LogP contribution is -2.39. The van der Waals surface area contributed by atoms with Gasteiger partial charge in [0.05, 0.1) is 5.92 Å². The molecule has 0 radical (unpaired) electrons. The summed E-state index contributed by atoms with van der Waals surface area (Å²) in [5.41, 5.74) is 2.02. The van der Waals surface area contributed by atoms with E-state index in [-0.39, 0.29) is 30.1 Å². The molecule has 1 aromatic rings. The molecular formula is C18H23N3O3. The Labute approximate surface area is 141 Å². The van der Waals surface area contributed by atoms with Gasteiger partial charge in [-0.05, 0) is 18.1 Å². The molecule has 0 aromatic heterocycles. The van der Waals surface area contributed by atoms with Gasteiger partial charge in [0.1, 0.15) is 0 Å². The largest absolute Gasteiger partial charge is 0.354 e. The number of nitrogens with one attached hydrogen (secondary N) is 1. The predicted molar refractivity (Wildman–Crippen MR) is 90.5 cm³/mol. The van der Waals surface area contributed by atoms with Crippen molar-refractivity contribution in [2.75, 3.05) is 31.1 Å². The third-order valence-electron chi connectivity index (χ3n) is 4.76. The molecule has 6 heteroatoms. The van der Waals surface area contributed by atoms with Gasteiger partial charge in [0.25, 0.3) is 0 Å². The molecule has 6 nitrogen and oxygen atoms in total. The molecule has 2 fully saturated rings. The van der Waals surface area contributed by atoms with E-state index in [1.165, 1.54) is 0 Å². The number of anilines is 1. The van der Waals surface area contributed by atoms with Crippen LogP contribution in [0.1, 0.15) is 25.3 Å². The van der Waals surface area contributed by atoms with Crippen molar-refractivity contribution in [1.82, 2.24) is 10.2 Å². The summed E-state index contributed by atoms with van der Waals surface area (Å²) in [4.78, 5) is 40.1. The summed E-state index contributed by atoms with van der Waals surface area (Å²) >= 11 is 0. The van der Waals surface area contributed by atoms with Crippen molar-refractivity contribution in [3.63, 3.8) is 0 Å². The highest BCUT2D eigenvalue weighted by Crippen LogP contribution is 2.29. The van der Waals surface area contributed by atoms with Crippen LogP contribution in [0.5, 0.6) is 0 Å². The minimum Gasteiger partial charge on any atom is -0.354 e. The number of benzene rings is 1. The predicted octanol–water partition coefficient (Wildman–Crippen LogP) is 0.950. The first-order valence-electron chi connectivity index (χ1n) is 8.54. The van der Waals surface area contributed by atoms with E-state index < -0.39 is 0 Å².